The predicted octanol–water partition coefficient (Wildman–Crippen LogP) is 5.51. The number of hydrogen-bond acceptors (Lipinski definition) is 5. The molecule has 0 saturated carbocycles. The van der Waals surface area contributed by atoms with Gasteiger partial charge in [-0.15, -0.1) is 0 Å². The molecule has 1 aromatic heterocycles. The maximum Gasteiger partial charge on any atom is 0.416 e. The van der Waals surface area contributed by atoms with Gasteiger partial charge >= 0.3 is 6.18 Å². The molecule has 0 saturated heterocycles. The molecule has 0 atom stereocenters. The number of hydrogen-bond donors (Lipinski definition) is 1. The summed E-state index contributed by atoms with van der Waals surface area (Å²) in [5.74, 6) is -0.567. The van der Waals surface area contributed by atoms with Gasteiger partial charge in [-0.05, 0) is 38.5 Å². The summed E-state index contributed by atoms with van der Waals surface area (Å²) in [6.45, 7) is 11.9. The number of alkyl halides is 3. The van der Waals surface area contributed by atoms with Gasteiger partial charge in [0.25, 0.3) is 0 Å². The number of benzene rings is 1. The molecule has 0 fully saturated rings. The molecule has 0 aliphatic carbocycles. The minimum atomic E-state index is -4.39. The highest BCUT2D eigenvalue weighted by Crippen LogP contribution is 2.33. The second-order valence-corrected chi connectivity index (χ2v) is 8.67. The fraction of sp³-hybridized carbons (Fsp3) is 0.417. The SMILES string of the molecule is CC(=O)N(C(C)=O)c1nc(C)c(/C=C/C(C)(C)c2ccc(C(F)(F)F)cc2)c(NC(C)C)n1. The van der Waals surface area contributed by atoms with Gasteiger partial charge < -0.3 is 5.32 Å². The van der Waals surface area contributed by atoms with E-state index in [9.17, 15) is 22.8 Å². The molecular weight excluding hydrogens is 433 g/mol. The summed E-state index contributed by atoms with van der Waals surface area (Å²) < 4.78 is 38.7. The van der Waals surface area contributed by atoms with Gasteiger partial charge in [0.2, 0.25) is 17.8 Å². The van der Waals surface area contributed by atoms with Crippen molar-refractivity contribution < 1.29 is 22.8 Å². The Morgan fingerprint density at radius 1 is 1.00 bits per heavy atom. The third kappa shape index (κ3) is 6.40. The molecule has 1 aromatic carbocycles. The molecule has 6 nitrogen and oxygen atoms in total. The molecule has 9 heteroatoms. The third-order valence-electron chi connectivity index (χ3n) is 5.00. The van der Waals surface area contributed by atoms with E-state index in [0.29, 0.717) is 22.6 Å². The third-order valence-corrected chi connectivity index (χ3v) is 5.00. The first-order chi connectivity index (χ1) is 15.1. The van der Waals surface area contributed by atoms with Crippen LogP contribution in [0.3, 0.4) is 0 Å². The lowest BCUT2D eigenvalue weighted by Gasteiger charge is -2.23. The van der Waals surface area contributed by atoms with Crippen molar-refractivity contribution in [3.05, 3.63) is 52.7 Å². The van der Waals surface area contributed by atoms with Crippen LogP contribution in [0.15, 0.2) is 30.3 Å². The van der Waals surface area contributed by atoms with E-state index in [0.717, 1.165) is 17.0 Å². The van der Waals surface area contributed by atoms with E-state index in [2.05, 4.69) is 15.3 Å². The van der Waals surface area contributed by atoms with Gasteiger partial charge in [-0.3, -0.25) is 9.59 Å². The quantitative estimate of drug-likeness (QED) is 0.612. The molecule has 178 valence electrons. The van der Waals surface area contributed by atoms with Crippen molar-refractivity contribution in [3.63, 3.8) is 0 Å². The van der Waals surface area contributed by atoms with Crippen LogP contribution in [0.25, 0.3) is 6.08 Å². The van der Waals surface area contributed by atoms with Crippen LogP contribution in [0.2, 0.25) is 0 Å². The Bertz CT molecular complexity index is 1040. The zero-order valence-electron chi connectivity index (χ0n) is 19.8. The molecule has 2 aromatic rings. The fourth-order valence-electron chi connectivity index (χ4n) is 3.23. The topological polar surface area (TPSA) is 75.2 Å². The van der Waals surface area contributed by atoms with E-state index in [1.54, 1.807) is 13.0 Å². The second-order valence-electron chi connectivity index (χ2n) is 8.67. The number of aromatic nitrogens is 2. The van der Waals surface area contributed by atoms with Crippen LogP contribution in [0.1, 0.15) is 63.9 Å². The molecule has 0 spiro atoms. The van der Waals surface area contributed by atoms with Gasteiger partial charge in [0.05, 0.1) is 11.3 Å². The second kappa shape index (κ2) is 9.72. The molecule has 1 N–H and O–H groups in total. The summed E-state index contributed by atoms with van der Waals surface area (Å²) in [6.07, 6.45) is -0.729. The predicted molar refractivity (Wildman–Crippen MR) is 123 cm³/mol. The zero-order valence-corrected chi connectivity index (χ0v) is 19.8. The van der Waals surface area contributed by atoms with Crippen molar-refractivity contribution in [2.24, 2.45) is 0 Å². The number of allylic oxidation sites excluding steroid dienone is 1. The molecular formula is C24H29F3N4O2. The van der Waals surface area contributed by atoms with Gasteiger partial charge in [0, 0.05) is 30.9 Å². The number of nitrogens with one attached hydrogen (secondary N) is 1. The minimum absolute atomic E-state index is 0.00493. The maximum absolute atomic E-state index is 12.9. The molecule has 0 aliphatic rings. The summed E-state index contributed by atoms with van der Waals surface area (Å²) in [7, 11) is 0. The number of aryl methyl sites for hydroxylation is 1. The monoisotopic (exact) mass is 462 g/mol. The average molecular weight is 463 g/mol. The van der Waals surface area contributed by atoms with E-state index in [1.165, 1.54) is 26.0 Å². The number of rotatable bonds is 6. The van der Waals surface area contributed by atoms with Crippen molar-refractivity contribution in [1.29, 1.82) is 0 Å². The van der Waals surface area contributed by atoms with E-state index >= 15 is 0 Å². The number of imide groups is 1. The van der Waals surface area contributed by atoms with Crippen molar-refractivity contribution >= 4 is 29.7 Å². The number of nitrogens with zero attached hydrogens (tertiary/aromatic N) is 3. The summed E-state index contributed by atoms with van der Waals surface area (Å²) >= 11 is 0. The van der Waals surface area contributed by atoms with Crippen LogP contribution in [0, 0.1) is 6.92 Å². The first kappa shape index (κ1) is 26.0. The van der Waals surface area contributed by atoms with E-state index < -0.39 is 29.0 Å². The normalized spacial score (nSPS) is 12.3. The van der Waals surface area contributed by atoms with E-state index in [-0.39, 0.29) is 12.0 Å². The lowest BCUT2D eigenvalue weighted by molar-refractivity contribution is -0.137. The maximum atomic E-state index is 12.9. The Balaban J connectivity index is 2.50. The summed E-state index contributed by atoms with van der Waals surface area (Å²) in [6, 6.07) is 5.07. The van der Waals surface area contributed by atoms with Gasteiger partial charge in [0.15, 0.2) is 0 Å². The Morgan fingerprint density at radius 3 is 1.97 bits per heavy atom. The number of anilines is 2. The molecule has 33 heavy (non-hydrogen) atoms. The van der Waals surface area contributed by atoms with E-state index in [1.807, 2.05) is 33.8 Å². The van der Waals surface area contributed by atoms with Crippen LogP contribution in [0.5, 0.6) is 0 Å². The first-order valence-corrected chi connectivity index (χ1v) is 10.5. The van der Waals surface area contributed by atoms with Crippen LogP contribution in [-0.4, -0.2) is 27.8 Å². The highest BCUT2D eigenvalue weighted by Gasteiger charge is 2.31. The van der Waals surface area contributed by atoms with Crippen LogP contribution < -0.4 is 10.2 Å². The van der Waals surface area contributed by atoms with Gasteiger partial charge in [-0.2, -0.15) is 18.2 Å². The summed E-state index contributed by atoms with van der Waals surface area (Å²) in [4.78, 5) is 33.5. The van der Waals surface area contributed by atoms with Crippen molar-refractivity contribution in [2.75, 3.05) is 10.2 Å². The molecule has 1 heterocycles. The van der Waals surface area contributed by atoms with Gasteiger partial charge in [-0.25, -0.2) is 9.88 Å². The standard InChI is InChI=1S/C24H29F3N4O2/c1-14(2)28-21-20(15(3)29-22(30-21)31(16(4)32)17(5)33)12-13-23(6,7)18-8-10-19(11-9-18)24(25,26)27/h8-14H,1-7H3,(H,28,29,30)/b13-12+. The van der Waals surface area contributed by atoms with Gasteiger partial charge in [-0.1, -0.05) is 38.1 Å². The molecule has 0 unspecified atom stereocenters. The first-order valence-electron chi connectivity index (χ1n) is 10.5. The molecule has 0 bridgehead atoms. The average Bonchev–Trinajstić information content (AvgIpc) is 2.65. The van der Waals surface area contributed by atoms with Crippen molar-refractivity contribution in [1.82, 2.24) is 9.97 Å². The minimum Gasteiger partial charge on any atom is -0.367 e. The summed E-state index contributed by atoms with van der Waals surface area (Å²) in [5.41, 5.74) is 0.610. The Labute approximate surface area is 191 Å². The Hall–Kier alpha value is -3.23. The number of amides is 2. The van der Waals surface area contributed by atoms with Crippen LogP contribution >= 0.6 is 0 Å². The highest BCUT2D eigenvalue weighted by molar-refractivity contribution is 6.11. The Morgan fingerprint density at radius 2 is 1.52 bits per heavy atom. The van der Waals surface area contributed by atoms with Crippen LogP contribution in [-0.2, 0) is 21.2 Å². The molecule has 0 radical (unpaired) electrons. The highest BCUT2D eigenvalue weighted by atomic mass is 19.4. The van der Waals surface area contributed by atoms with Crippen molar-refractivity contribution in [2.45, 2.75) is 66.1 Å². The number of halogens is 3. The largest absolute Gasteiger partial charge is 0.416 e. The zero-order chi connectivity index (χ0) is 25.1. The summed E-state index contributed by atoms with van der Waals surface area (Å²) in [5, 5.41) is 3.21. The van der Waals surface area contributed by atoms with E-state index in [4.69, 9.17) is 0 Å². The Kier molecular flexibility index (Phi) is 7.67. The van der Waals surface area contributed by atoms with Crippen LogP contribution in [0.4, 0.5) is 24.9 Å². The lowest BCUT2D eigenvalue weighted by Crippen LogP contribution is -2.35. The molecule has 0 aliphatic heterocycles. The number of carbonyl (C=O) groups excluding carboxylic acids is 2. The lowest BCUT2D eigenvalue weighted by atomic mass is 9.83. The fourth-order valence-corrected chi connectivity index (χ4v) is 3.23. The van der Waals surface area contributed by atoms with Gasteiger partial charge in [0.1, 0.15) is 5.82 Å². The smallest absolute Gasteiger partial charge is 0.367 e. The molecule has 2 amide bonds. The number of carbonyl (C=O) groups is 2. The molecule has 2 rings (SSSR count). The van der Waals surface area contributed by atoms with Crippen molar-refractivity contribution in [3.8, 4) is 0 Å².